The maximum absolute atomic E-state index is 13.1. The van der Waals surface area contributed by atoms with Crippen LogP contribution in [0.1, 0.15) is 22.3 Å². The van der Waals surface area contributed by atoms with Crippen LogP contribution < -0.4 is 28.1 Å². The summed E-state index contributed by atoms with van der Waals surface area (Å²) in [4.78, 5) is 13.1. The molecule has 1 aliphatic carbocycles. The predicted octanol–water partition coefficient (Wildman–Crippen LogP) is -0.916. The van der Waals surface area contributed by atoms with Crippen LogP contribution >= 0.6 is 0 Å². The Hall–Kier alpha value is -0.163. The van der Waals surface area contributed by atoms with E-state index in [0.29, 0.717) is 0 Å². The number of nitrogens with one attached hydrogen (secondary N) is 1. The van der Waals surface area contributed by atoms with Crippen LogP contribution in [0.5, 0.6) is 0 Å². The number of hydrogen-bond acceptors (Lipinski definition) is 1. The topological polar surface area (TPSA) is 29.1 Å². The molecule has 1 aliphatic rings. The number of rotatable bonds is 4. The molecule has 2 nitrogen and oxygen atoms in total. The van der Waals surface area contributed by atoms with E-state index in [2.05, 4.69) is 59.4 Å². The summed E-state index contributed by atoms with van der Waals surface area (Å²) in [5, 5.41) is 0. The van der Waals surface area contributed by atoms with Gasteiger partial charge in [0.2, 0.25) is 0 Å². The molecule has 0 atom stereocenters. The normalized spacial score (nSPS) is 14.9. The Bertz CT molecular complexity index is 689. The average molecular weight is 553 g/mol. The zero-order valence-corrected chi connectivity index (χ0v) is 21.7. The van der Waals surface area contributed by atoms with Gasteiger partial charge in [0.15, 0.2) is 0 Å². The molecule has 1 N–H and O–H groups in total. The van der Waals surface area contributed by atoms with Crippen LogP contribution in [-0.2, 0) is 16.5 Å². The molecule has 0 saturated heterocycles. The molecular weight excluding hydrogens is 524 g/mol. The quantitative estimate of drug-likeness (QED) is 0.482. The third kappa shape index (κ3) is 5.17. The average Bonchev–Trinajstić information content (AvgIpc) is 2.90. The van der Waals surface area contributed by atoms with Gasteiger partial charge in [0, 0.05) is 0 Å². The van der Waals surface area contributed by atoms with Crippen molar-refractivity contribution in [1.29, 1.82) is 0 Å². The van der Waals surface area contributed by atoms with Gasteiger partial charge in [0.25, 0.3) is 0 Å². The van der Waals surface area contributed by atoms with E-state index in [9.17, 15) is 4.79 Å². The van der Waals surface area contributed by atoms with Gasteiger partial charge in [-0.05, 0) is 0 Å². The van der Waals surface area contributed by atoms with E-state index in [0.717, 1.165) is 17.5 Å². The van der Waals surface area contributed by atoms with Crippen LogP contribution in [0.25, 0.3) is 5.57 Å². The molecule has 0 unspecified atom stereocenters. The van der Waals surface area contributed by atoms with E-state index in [1.807, 2.05) is 18.2 Å². The van der Waals surface area contributed by atoms with Gasteiger partial charge in [-0.25, -0.2) is 0 Å². The fraction of sp³-hybridized carbons (Fsp3) is 0.389. The molecule has 24 heavy (non-hydrogen) atoms. The fourth-order valence-electron chi connectivity index (χ4n) is 2.34. The van der Waals surface area contributed by atoms with Crippen LogP contribution in [0.15, 0.2) is 42.5 Å². The first-order valence-electron chi connectivity index (χ1n) is 8.19. The number of allylic oxidation sites excluding steroid dienone is 4. The van der Waals surface area contributed by atoms with Crippen molar-refractivity contribution in [3.8, 4) is 0 Å². The van der Waals surface area contributed by atoms with Crippen LogP contribution in [-0.4, -0.2) is 11.9 Å². The summed E-state index contributed by atoms with van der Waals surface area (Å²) in [7, 11) is 0. The molecule has 2 rings (SSSR count). The summed E-state index contributed by atoms with van der Waals surface area (Å²) in [6.07, 6.45) is 7.23. The van der Waals surface area contributed by atoms with Crippen molar-refractivity contribution in [2.75, 3.05) is 0 Å². The number of amides is 1. The maximum atomic E-state index is 13.1. The van der Waals surface area contributed by atoms with Gasteiger partial charge in [-0.3, -0.25) is 0 Å². The predicted molar refractivity (Wildman–Crippen MR) is 98.0 cm³/mol. The molecular formula is C18H29Cl2HfNOSi. The Kier molecular flexibility index (Phi) is 7.17. The summed E-state index contributed by atoms with van der Waals surface area (Å²) >= 11 is -3.70. The number of halogens is 2. The second-order valence-corrected chi connectivity index (χ2v) is 84.8. The molecule has 1 aromatic carbocycles. The van der Waals surface area contributed by atoms with Crippen LogP contribution in [0.4, 0.5) is 0 Å². The van der Waals surface area contributed by atoms with E-state index in [1.165, 1.54) is 5.57 Å². The van der Waals surface area contributed by atoms with E-state index in [4.69, 9.17) is 0 Å². The van der Waals surface area contributed by atoms with Crippen molar-refractivity contribution >= 4 is 17.5 Å². The maximum Gasteiger partial charge on any atom is -1.00 e. The third-order valence-corrected chi connectivity index (χ3v) is 72.9. The summed E-state index contributed by atoms with van der Waals surface area (Å²) in [6, 6.07) is 8.00. The number of benzene rings is 1. The molecule has 0 bridgehead atoms. The van der Waals surface area contributed by atoms with Crippen LogP contribution in [0, 0.1) is 0 Å². The van der Waals surface area contributed by atoms with Crippen LogP contribution in [0.3, 0.4) is 0 Å². The smallest absolute Gasteiger partial charge is 1.00 e. The van der Waals surface area contributed by atoms with Crippen molar-refractivity contribution in [2.24, 2.45) is 0 Å². The van der Waals surface area contributed by atoms with E-state index < -0.39 is 22.5 Å². The van der Waals surface area contributed by atoms with Gasteiger partial charge in [-0.2, -0.15) is 0 Å². The molecule has 134 valence electrons. The van der Waals surface area contributed by atoms with E-state index >= 15 is 0 Å². The largest absolute Gasteiger partial charge is 1.00 e. The Morgan fingerprint density at radius 2 is 1.67 bits per heavy atom. The second-order valence-electron chi connectivity index (χ2n) is 9.78. The summed E-state index contributed by atoms with van der Waals surface area (Å²) in [6.45, 7) is 4.74. The Morgan fingerprint density at radius 1 is 1.08 bits per heavy atom. The molecule has 0 radical (unpaired) electrons. The molecule has 0 aliphatic heterocycles. The summed E-state index contributed by atoms with van der Waals surface area (Å²) in [5.41, 5.74) is 3.13. The molecule has 6 heteroatoms. The molecule has 1 aromatic rings. The summed E-state index contributed by atoms with van der Waals surface area (Å²) < 4.78 is 13.1. The van der Waals surface area contributed by atoms with Gasteiger partial charge in [0.1, 0.15) is 0 Å². The van der Waals surface area contributed by atoms with Crippen molar-refractivity contribution in [3.63, 3.8) is 0 Å². The monoisotopic (exact) mass is 553 g/mol. The third-order valence-electron chi connectivity index (χ3n) is 5.57. The minimum absolute atomic E-state index is 0. The molecule has 1 amide bonds. The van der Waals surface area contributed by atoms with Crippen molar-refractivity contribution in [3.05, 3.63) is 53.6 Å². The van der Waals surface area contributed by atoms with Gasteiger partial charge in [-0.15, -0.1) is 0 Å². The van der Waals surface area contributed by atoms with E-state index in [-0.39, 0.29) is 30.7 Å². The molecule has 0 fully saturated rings. The van der Waals surface area contributed by atoms with Crippen molar-refractivity contribution < 1.29 is 46.1 Å². The molecule has 0 aromatic heterocycles. The number of carbonyl (C=O) groups excluding carboxylic acids is 1. The minimum atomic E-state index is -3.70. The molecule has 0 heterocycles. The zero-order chi connectivity index (χ0) is 16.7. The van der Waals surface area contributed by atoms with Gasteiger partial charge in [-0.1, -0.05) is 0 Å². The van der Waals surface area contributed by atoms with Gasteiger partial charge in [0.05, 0.1) is 0 Å². The first kappa shape index (κ1) is 23.8. The van der Waals surface area contributed by atoms with Gasteiger partial charge < -0.3 is 24.8 Å². The molecule has 0 saturated carbocycles. The Labute approximate surface area is 157 Å². The Balaban J connectivity index is 0.00000264. The fourth-order valence-corrected chi connectivity index (χ4v) is 11.0. The van der Waals surface area contributed by atoms with Crippen molar-refractivity contribution in [2.45, 2.75) is 38.2 Å². The first-order valence-corrected chi connectivity index (χ1v) is 33.5. The number of carbonyl (C=O) groups is 1. The first-order chi connectivity index (χ1) is 9.93. The number of hydrogen-bond donors (Lipinski definition) is 1. The standard InChI is InChI=1S/C12H11NO.C2H7Si.4CH3.2ClH.Hf/c13-12(14)11-8-4-3-7-10(11)9-5-1-2-6-9;1-3-2;;;;;;;/h1-5,7-8H,6H2,(H2,13,14);3H,1-2H3;4*1H3;2*1H;/q;;;;;;;;+3/p-3. The van der Waals surface area contributed by atoms with Gasteiger partial charge >= 0.3 is 134 Å². The Morgan fingerprint density at radius 3 is 2.17 bits per heavy atom. The summed E-state index contributed by atoms with van der Waals surface area (Å²) in [5.74, 6) is -0.868. The SMILES string of the molecule is C[SiH](C)[Hf+2]([CH3])([CH3])([CH3])([CH3])[NH]C(=O)c1ccccc1C1=CC=CC1.[Cl-].[Cl-]. The van der Waals surface area contributed by atoms with Crippen molar-refractivity contribution in [1.82, 2.24) is 3.30 Å². The van der Waals surface area contributed by atoms with Crippen LogP contribution in [0.2, 0.25) is 31.8 Å². The zero-order valence-electron chi connectivity index (χ0n) is 15.5. The van der Waals surface area contributed by atoms with E-state index in [1.54, 1.807) is 0 Å². The second kappa shape index (κ2) is 7.22. The minimum Gasteiger partial charge on any atom is -1.00 e. The molecule has 0 spiro atoms.